The maximum atomic E-state index is 13.0. The van der Waals surface area contributed by atoms with Crippen molar-refractivity contribution in [2.75, 3.05) is 19.7 Å². The molecule has 0 aliphatic heterocycles. The molecule has 0 aliphatic rings. The lowest BCUT2D eigenvalue weighted by atomic mass is 10.2. The van der Waals surface area contributed by atoms with Crippen LogP contribution in [-0.4, -0.2) is 45.5 Å². The molecule has 0 spiro atoms. The van der Waals surface area contributed by atoms with Crippen molar-refractivity contribution in [2.24, 2.45) is 0 Å². The first-order valence-corrected chi connectivity index (χ1v) is 10.1. The molecule has 2 aromatic carbocycles. The van der Waals surface area contributed by atoms with Gasteiger partial charge in [0.15, 0.2) is 0 Å². The van der Waals surface area contributed by atoms with Crippen LogP contribution in [0, 0.1) is 5.82 Å². The molecule has 1 heterocycles. The third-order valence-corrected chi connectivity index (χ3v) is 4.77. The number of halogens is 1. The van der Waals surface area contributed by atoms with Crippen molar-refractivity contribution in [1.82, 2.24) is 14.5 Å². The smallest absolute Gasteiger partial charge is 0.355 e. The molecule has 3 aromatic rings. The first kappa shape index (κ1) is 22.5. The van der Waals surface area contributed by atoms with E-state index in [9.17, 15) is 14.3 Å². The molecule has 31 heavy (non-hydrogen) atoms. The zero-order valence-corrected chi connectivity index (χ0v) is 17.6. The molecular formula is C23H26FN3O4. The van der Waals surface area contributed by atoms with Crippen LogP contribution >= 0.6 is 0 Å². The fraction of sp³-hybridized carbons (Fsp3) is 0.304. The summed E-state index contributed by atoms with van der Waals surface area (Å²) in [5.74, 6) is 0.554. The Labute approximate surface area is 180 Å². The average molecular weight is 427 g/mol. The predicted octanol–water partition coefficient (Wildman–Crippen LogP) is 2.99. The van der Waals surface area contributed by atoms with E-state index in [4.69, 9.17) is 9.47 Å². The summed E-state index contributed by atoms with van der Waals surface area (Å²) in [6.07, 6.45) is 1.07. The molecule has 0 saturated heterocycles. The molecule has 164 valence electrons. The summed E-state index contributed by atoms with van der Waals surface area (Å²) in [5.41, 5.74) is 0.952. The van der Waals surface area contributed by atoms with Gasteiger partial charge in [0, 0.05) is 18.8 Å². The van der Waals surface area contributed by atoms with Crippen LogP contribution in [0.5, 0.6) is 11.6 Å². The molecule has 8 heteroatoms. The molecule has 0 radical (unpaired) electrons. The van der Waals surface area contributed by atoms with Crippen LogP contribution in [0.3, 0.4) is 0 Å². The van der Waals surface area contributed by atoms with Crippen molar-refractivity contribution in [2.45, 2.75) is 26.7 Å². The van der Waals surface area contributed by atoms with Gasteiger partial charge in [0.25, 0.3) is 0 Å². The summed E-state index contributed by atoms with van der Waals surface area (Å²) in [6, 6.07) is 14.6. The molecule has 0 saturated carbocycles. The van der Waals surface area contributed by atoms with Crippen molar-refractivity contribution in [3.63, 3.8) is 0 Å². The summed E-state index contributed by atoms with van der Waals surface area (Å²) in [6.45, 7) is 5.68. The van der Waals surface area contributed by atoms with E-state index in [1.807, 2.05) is 11.8 Å². The van der Waals surface area contributed by atoms with Crippen LogP contribution in [0.15, 0.2) is 65.6 Å². The minimum Gasteiger partial charge on any atom is -0.492 e. The third kappa shape index (κ3) is 6.37. The van der Waals surface area contributed by atoms with E-state index >= 15 is 0 Å². The second kappa shape index (κ2) is 10.7. The molecule has 0 amide bonds. The van der Waals surface area contributed by atoms with Gasteiger partial charge in [0.1, 0.15) is 31.0 Å². The molecule has 0 fully saturated rings. The summed E-state index contributed by atoms with van der Waals surface area (Å²) in [5, 5.41) is 9.63. The number of aliphatic hydroxyl groups is 1. The van der Waals surface area contributed by atoms with E-state index in [1.54, 1.807) is 55.6 Å². The molecule has 1 atom stereocenters. The molecular weight excluding hydrogens is 401 g/mol. The molecule has 7 nitrogen and oxygen atoms in total. The van der Waals surface area contributed by atoms with Crippen molar-refractivity contribution in [1.29, 1.82) is 0 Å². The Balaban J connectivity index is 1.58. The van der Waals surface area contributed by atoms with Crippen LogP contribution < -0.4 is 15.2 Å². The van der Waals surface area contributed by atoms with Gasteiger partial charge in [-0.1, -0.05) is 19.1 Å². The number of hydrogen-bond acceptors (Lipinski definition) is 6. The molecule has 0 aliphatic carbocycles. The third-order valence-electron chi connectivity index (χ3n) is 4.77. The van der Waals surface area contributed by atoms with Gasteiger partial charge < -0.3 is 14.6 Å². The van der Waals surface area contributed by atoms with Crippen LogP contribution in [0.2, 0.25) is 0 Å². The topological polar surface area (TPSA) is 76.8 Å². The van der Waals surface area contributed by atoms with Crippen molar-refractivity contribution >= 4 is 0 Å². The van der Waals surface area contributed by atoms with Gasteiger partial charge in [-0.25, -0.2) is 9.18 Å². The number of rotatable bonds is 10. The molecule has 3 rings (SSSR count). The van der Waals surface area contributed by atoms with E-state index < -0.39 is 11.9 Å². The van der Waals surface area contributed by atoms with Gasteiger partial charge in [-0.3, -0.25) is 9.47 Å². The van der Waals surface area contributed by atoms with Gasteiger partial charge in [-0.2, -0.15) is 4.98 Å². The summed E-state index contributed by atoms with van der Waals surface area (Å²) >= 11 is 0. The second-order valence-corrected chi connectivity index (χ2v) is 6.94. The standard InChI is InChI=1S/C23H26FN3O4/c1-3-26(17(2)28)14-15-30-21-10-8-20(9-11-21)27-13-12-22(25-23(27)29)31-16-18-4-6-19(24)7-5-18/h4-13,17,28H,3,14-16H2,1-2H3. The fourth-order valence-corrected chi connectivity index (χ4v) is 3.00. The van der Waals surface area contributed by atoms with Crippen LogP contribution in [0.1, 0.15) is 19.4 Å². The van der Waals surface area contributed by atoms with Gasteiger partial charge in [0.05, 0.1) is 5.69 Å². The lowest BCUT2D eigenvalue weighted by Crippen LogP contribution is -2.35. The zero-order chi connectivity index (χ0) is 22.2. The number of nitrogens with zero attached hydrogens (tertiary/aromatic N) is 3. The van der Waals surface area contributed by atoms with E-state index in [-0.39, 0.29) is 18.3 Å². The molecule has 1 unspecified atom stereocenters. The normalized spacial score (nSPS) is 12.0. The van der Waals surface area contributed by atoms with Crippen molar-refractivity contribution in [3.05, 3.63) is 82.7 Å². The van der Waals surface area contributed by atoms with Gasteiger partial charge in [-0.05, 0) is 55.4 Å². The first-order chi connectivity index (χ1) is 15.0. The highest BCUT2D eigenvalue weighted by atomic mass is 19.1. The van der Waals surface area contributed by atoms with Crippen LogP contribution in [0.4, 0.5) is 4.39 Å². The molecule has 0 bridgehead atoms. The average Bonchev–Trinajstić information content (AvgIpc) is 2.77. The highest BCUT2D eigenvalue weighted by Gasteiger charge is 2.08. The lowest BCUT2D eigenvalue weighted by Gasteiger charge is -2.23. The largest absolute Gasteiger partial charge is 0.492 e. The van der Waals surface area contributed by atoms with Crippen LogP contribution in [0.25, 0.3) is 5.69 Å². The number of aliphatic hydroxyl groups excluding tert-OH is 1. The minimum atomic E-state index is -0.516. The predicted molar refractivity (Wildman–Crippen MR) is 115 cm³/mol. The summed E-state index contributed by atoms with van der Waals surface area (Å²) < 4.78 is 25.6. The Morgan fingerprint density at radius 2 is 1.81 bits per heavy atom. The van der Waals surface area contributed by atoms with Crippen molar-refractivity contribution in [3.8, 4) is 17.3 Å². The summed E-state index contributed by atoms with van der Waals surface area (Å²) in [7, 11) is 0. The molecule has 1 aromatic heterocycles. The monoisotopic (exact) mass is 427 g/mol. The van der Waals surface area contributed by atoms with E-state index in [2.05, 4.69) is 4.98 Å². The van der Waals surface area contributed by atoms with Gasteiger partial charge in [-0.15, -0.1) is 0 Å². The van der Waals surface area contributed by atoms with Crippen molar-refractivity contribution < 1.29 is 19.0 Å². The minimum absolute atomic E-state index is 0.188. The Kier molecular flexibility index (Phi) is 7.75. The van der Waals surface area contributed by atoms with E-state index in [0.29, 0.717) is 24.6 Å². The maximum absolute atomic E-state index is 13.0. The number of ether oxygens (including phenoxy) is 2. The van der Waals surface area contributed by atoms with Gasteiger partial charge in [0.2, 0.25) is 5.88 Å². The first-order valence-electron chi connectivity index (χ1n) is 10.1. The van der Waals surface area contributed by atoms with E-state index in [1.165, 1.54) is 16.7 Å². The maximum Gasteiger partial charge on any atom is 0.355 e. The lowest BCUT2D eigenvalue weighted by molar-refractivity contribution is 0.0145. The summed E-state index contributed by atoms with van der Waals surface area (Å²) in [4.78, 5) is 18.2. The number of likely N-dealkylation sites (N-methyl/N-ethyl adjacent to an activating group) is 1. The second-order valence-electron chi connectivity index (χ2n) is 6.94. The zero-order valence-electron chi connectivity index (χ0n) is 17.6. The quantitative estimate of drug-likeness (QED) is 0.502. The number of benzene rings is 2. The number of hydrogen-bond donors (Lipinski definition) is 1. The van der Waals surface area contributed by atoms with E-state index in [0.717, 1.165) is 12.1 Å². The van der Waals surface area contributed by atoms with Crippen LogP contribution in [-0.2, 0) is 6.61 Å². The Bertz CT molecular complexity index is 1020. The Morgan fingerprint density at radius 3 is 2.42 bits per heavy atom. The van der Waals surface area contributed by atoms with Gasteiger partial charge >= 0.3 is 5.69 Å². The SMILES string of the molecule is CCN(CCOc1ccc(-n2ccc(OCc3ccc(F)cc3)nc2=O)cc1)C(C)O. The highest BCUT2D eigenvalue weighted by Crippen LogP contribution is 2.15. The fourth-order valence-electron chi connectivity index (χ4n) is 3.00. The Hall–Kier alpha value is -3.23. The highest BCUT2D eigenvalue weighted by molar-refractivity contribution is 5.37. The molecule has 1 N–H and O–H groups in total. The Morgan fingerprint density at radius 1 is 1.10 bits per heavy atom. The number of aromatic nitrogens is 2.